The largest absolute Gasteiger partial charge is 0.452 e. The maximum atomic E-state index is 13.3. The fourth-order valence-electron chi connectivity index (χ4n) is 2.36. The first kappa shape index (κ1) is 19.1. The van der Waals surface area contributed by atoms with Crippen LogP contribution < -0.4 is 0 Å². The van der Waals surface area contributed by atoms with Gasteiger partial charge in [0, 0.05) is 32.3 Å². The molecule has 25 heavy (non-hydrogen) atoms. The van der Waals surface area contributed by atoms with E-state index in [0.717, 1.165) is 6.07 Å². The van der Waals surface area contributed by atoms with E-state index in [1.807, 2.05) is 0 Å². The summed E-state index contributed by atoms with van der Waals surface area (Å²) in [6, 6.07) is 4.80. The van der Waals surface area contributed by atoms with Gasteiger partial charge in [-0.05, 0) is 25.1 Å². The van der Waals surface area contributed by atoms with Crippen LogP contribution in [0.25, 0.3) is 0 Å². The number of carbonyl (C=O) groups excluding carboxylic acids is 2. The lowest BCUT2D eigenvalue weighted by Gasteiger charge is -2.33. The minimum absolute atomic E-state index is 0.0907. The molecular formula is C16H19FN2O5S. The summed E-state index contributed by atoms with van der Waals surface area (Å²) >= 11 is 0. The van der Waals surface area contributed by atoms with E-state index in [2.05, 4.69) is 0 Å². The molecule has 0 atom stereocenters. The number of sulfonamides is 1. The number of amides is 1. The first-order valence-electron chi connectivity index (χ1n) is 7.67. The summed E-state index contributed by atoms with van der Waals surface area (Å²) in [7, 11) is -3.81. The number of halogens is 1. The minimum Gasteiger partial charge on any atom is -0.452 e. The number of hydrogen-bond donors (Lipinski definition) is 0. The molecular weight excluding hydrogens is 351 g/mol. The standard InChI is InChI=1S/C16H19FN2O5S/c1-2-4-16(21)24-12-15(20)18-7-9-19(10-8-18)25(22,23)14-6-3-5-13(17)11-14/h2-6,11H,7-10,12H2,1H3/b4-2+. The first-order chi connectivity index (χ1) is 11.8. The minimum atomic E-state index is -3.81. The van der Waals surface area contributed by atoms with E-state index in [-0.39, 0.29) is 43.6 Å². The number of rotatable bonds is 5. The Morgan fingerprint density at radius 1 is 1.24 bits per heavy atom. The molecule has 0 saturated carbocycles. The second-order valence-corrected chi connectivity index (χ2v) is 7.29. The molecule has 0 N–H and O–H groups in total. The highest BCUT2D eigenvalue weighted by Crippen LogP contribution is 2.18. The van der Waals surface area contributed by atoms with Crippen LogP contribution in [0.1, 0.15) is 6.92 Å². The Labute approximate surface area is 145 Å². The highest BCUT2D eigenvalue weighted by atomic mass is 32.2. The van der Waals surface area contributed by atoms with Gasteiger partial charge in [0.15, 0.2) is 6.61 Å². The van der Waals surface area contributed by atoms with Crippen molar-refractivity contribution in [2.45, 2.75) is 11.8 Å². The summed E-state index contributed by atoms with van der Waals surface area (Å²) < 4.78 is 44.2. The molecule has 0 aliphatic carbocycles. The predicted molar refractivity (Wildman–Crippen MR) is 87.5 cm³/mol. The Balaban J connectivity index is 1.92. The van der Waals surface area contributed by atoms with E-state index in [0.29, 0.717) is 0 Å². The monoisotopic (exact) mass is 370 g/mol. The average Bonchev–Trinajstić information content (AvgIpc) is 2.60. The van der Waals surface area contributed by atoms with E-state index in [9.17, 15) is 22.4 Å². The lowest BCUT2D eigenvalue weighted by molar-refractivity contribution is -0.148. The summed E-state index contributed by atoms with van der Waals surface area (Å²) in [5, 5.41) is 0. The molecule has 1 saturated heterocycles. The zero-order valence-electron chi connectivity index (χ0n) is 13.7. The molecule has 2 rings (SSSR count). The third-order valence-electron chi connectivity index (χ3n) is 3.67. The quantitative estimate of drug-likeness (QED) is 0.565. The molecule has 1 amide bonds. The maximum absolute atomic E-state index is 13.3. The van der Waals surface area contributed by atoms with Gasteiger partial charge in [-0.1, -0.05) is 12.1 Å². The van der Waals surface area contributed by atoms with Crippen LogP contribution in [-0.2, 0) is 24.3 Å². The molecule has 1 aliphatic rings. The number of allylic oxidation sites excluding steroid dienone is 1. The van der Waals surface area contributed by atoms with Gasteiger partial charge in [-0.3, -0.25) is 4.79 Å². The number of esters is 1. The third-order valence-corrected chi connectivity index (χ3v) is 5.56. The lowest BCUT2D eigenvalue weighted by Crippen LogP contribution is -2.51. The van der Waals surface area contributed by atoms with Crippen molar-refractivity contribution in [3.63, 3.8) is 0 Å². The van der Waals surface area contributed by atoms with E-state index < -0.39 is 21.8 Å². The van der Waals surface area contributed by atoms with Gasteiger partial charge in [0.1, 0.15) is 5.82 Å². The molecule has 136 valence electrons. The summed E-state index contributed by atoms with van der Waals surface area (Å²) in [6.45, 7) is 1.80. The topological polar surface area (TPSA) is 84.0 Å². The van der Waals surface area contributed by atoms with Gasteiger partial charge in [-0.25, -0.2) is 17.6 Å². The molecule has 7 nitrogen and oxygen atoms in total. The summed E-state index contributed by atoms with van der Waals surface area (Å²) in [4.78, 5) is 24.5. The summed E-state index contributed by atoms with van der Waals surface area (Å²) in [5.41, 5.74) is 0. The third kappa shape index (κ3) is 4.86. The zero-order chi connectivity index (χ0) is 18.4. The highest BCUT2D eigenvalue weighted by molar-refractivity contribution is 7.89. The highest BCUT2D eigenvalue weighted by Gasteiger charge is 2.30. The molecule has 0 unspecified atom stereocenters. The number of carbonyl (C=O) groups is 2. The van der Waals surface area contributed by atoms with Crippen LogP contribution in [0.3, 0.4) is 0 Å². The lowest BCUT2D eigenvalue weighted by atomic mass is 10.3. The van der Waals surface area contributed by atoms with Crippen molar-refractivity contribution in [2.75, 3.05) is 32.8 Å². The SMILES string of the molecule is C/C=C/C(=O)OCC(=O)N1CCN(S(=O)(=O)c2cccc(F)c2)CC1. The van der Waals surface area contributed by atoms with E-state index >= 15 is 0 Å². The van der Waals surface area contributed by atoms with Gasteiger partial charge < -0.3 is 9.64 Å². The Morgan fingerprint density at radius 2 is 1.92 bits per heavy atom. The molecule has 1 aromatic rings. The zero-order valence-corrected chi connectivity index (χ0v) is 14.5. The number of ether oxygens (including phenoxy) is 1. The number of hydrogen-bond acceptors (Lipinski definition) is 5. The van der Waals surface area contributed by atoms with Gasteiger partial charge in [-0.2, -0.15) is 4.31 Å². The van der Waals surface area contributed by atoms with Crippen LogP contribution in [0.4, 0.5) is 4.39 Å². The molecule has 1 heterocycles. The summed E-state index contributed by atoms with van der Waals surface area (Å²) in [5.74, 6) is -1.62. The van der Waals surface area contributed by atoms with Crippen LogP contribution in [-0.4, -0.2) is 62.3 Å². The van der Waals surface area contributed by atoms with Gasteiger partial charge in [0.05, 0.1) is 4.90 Å². The van der Waals surface area contributed by atoms with Crippen molar-refractivity contribution in [3.8, 4) is 0 Å². The average molecular weight is 370 g/mol. The second-order valence-electron chi connectivity index (χ2n) is 5.35. The Bertz CT molecular complexity index is 770. The molecule has 1 aromatic carbocycles. The number of benzene rings is 1. The normalized spacial score (nSPS) is 16.2. The van der Waals surface area contributed by atoms with Crippen LogP contribution in [0.5, 0.6) is 0 Å². The molecule has 0 bridgehead atoms. The Hall–Kier alpha value is -2.26. The molecule has 1 aliphatic heterocycles. The van der Waals surface area contributed by atoms with Gasteiger partial charge in [0.25, 0.3) is 5.91 Å². The fourth-order valence-corrected chi connectivity index (χ4v) is 3.82. The van der Waals surface area contributed by atoms with Crippen LogP contribution >= 0.6 is 0 Å². The molecule has 0 spiro atoms. The number of nitrogens with zero attached hydrogens (tertiary/aromatic N) is 2. The van der Waals surface area contributed by atoms with Gasteiger partial charge in [0.2, 0.25) is 10.0 Å². The second kappa shape index (κ2) is 8.21. The number of piperazine rings is 1. The van der Waals surface area contributed by atoms with Crippen molar-refractivity contribution in [3.05, 3.63) is 42.2 Å². The van der Waals surface area contributed by atoms with Gasteiger partial charge in [-0.15, -0.1) is 0 Å². The Kier molecular flexibility index (Phi) is 6.27. The fraction of sp³-hybridized carbons (Fsp3) is 0.375. The molecule has 0 radical (unpaired) electrons. The van der Waals surface area contributed by atoms with E-state index in [1.165, 1.54) is 39.6 Å². The van der Waals surface area contributed by atoms with Crippen molar-refractivity contribution < 1.29 is 27.1 Å². The molecule has 0 aromatic heterocycles. The van der Waals surface area contributed by atoms with Gasteiger partial charge >= 0.3 is 5.97 Å². The van der Waals surface area contributed by atoms with E-state index in [1.54, 1.807) is 6.92 Å². The van der Waals surface area contributed by atoms with Crippen LogP contribution in [0.2, 0.25) is 0 Å². The van der Waals surface area contributed by atoms with Crippen molar-refractivity contribution in [1.82, 2.24) is 9.21 Å². The van der Waals surface area contributed by atoms with Crippen molar-refractivity contribution in [2.24, 2.45) is 0 Å². The van der Waals surface area contributed by atoms with Crippen molar-refractivity contribution in [1.29, 1.82) is 0 Å². The smallest absolute Gasteiger partial charge is 0.330 e. The predicted octanol–water partition coefficient (Wildman–Crippen LogP) is 0.778. The molecule has 9 heteroatoms. The first-order valence-corrected chi connectivity index (χ1v) is 9.11. The van der Waals surface area contributed by atoms with Crippen LogP contribution in [0.15, 0.2) is 41.3 Å². The van der Waals surface area contributed by atoms with Crippen LogP contribution in [0, 0.1) is 5.82 Å². The maximum Gasteiger partial charge on any atom is 0.330 e. The Morgan fingerprint density at radius 3 is 2.52 bits per heavy atom. The summed E-state index contributed by atoms with van der Waals surface area (Å²) in [6.07, 6.45) is 2.71. The van der Waals surface area contributed by atoms with E-state index in [4.69, 9.17) is 4.74 Å². The van der Waals surface area contributed by atoms with Crippen molar-refractivity contribution >= 4 is 21.9 Å². The molecule has 1 fully saturated rings.